The highest BCUT2D eigenvalue weighted by Gasteiger charge is 2.25. The van der Waals surface area contributed by atoms with Gasteiger partial charge < -0.3 is 0 Å². The molecule has 1 unspecified atom stereocenters. The Hall–Kier alpha value is -2.45. The second-order valence-corrected chi connectivity index (χ2v) is 11.5. The highest BCUT2D eigenvalue weighted by atomic mass is 32.2. The lowest BCUT2D eigenvalue weighted by Crippen LogP contribution is -2.26. The van der Waals surface area contributed by atoms with E-state index in [0.717, 1.165) is 35.0 Å². The molecule has 6 nitrogen and oxygen atoms in total. The zero-order chi connectivity index (χ0) is 23.3. The van der Waals surface area contributed by atoms with Gasteiger partial charge in [-0.15, -0.1) is 11.3 Å². The number of thioether (sulfide) groups is 1. The van der Waals surface area contributed by atoms with Gasteiger partial charge in [-0.25, -0.2) is 9.97 Å². The van der Waals surface area contributed by atoms with Crippen LogP contribution in [0.3, 0.4) is 0 Å². The molecule has 1 aliphatic rings. The van der Waals surface area contributed by atoms with Crippen molar-refractivity contribution >= 4 is 39.0 Å². The predicted octanol–water partition coefficient (Wildman–Crippen LogP) is 4.85. The van der Waals surface area contributed by atoms with E-state index in [1.807, 2.05) is 23.6 Å². The minimum Gasteiger partial charge on any atom is -0.287 e. The van der Waals surface area contributed by atoms with Crippen LogP contribution in [-0.4, -0.2) is 18.9 Å². The van der Waals surface area contributed by atoms with Crippen LogP contribution in [0.5, 0.6) is 0 Å². The van der Waals surface area contributed by atoms with Gasteiger partial charge in [-0.05, 0) is 55.2 Å². The molecule has 0 fully saturated rings. The summed E-state index contributed by atoms with van der Waals surface area (Å²) in [5.74, 6) is 1.46. The Bertz CT molecular complexity index is 1480. The van der Waals surface area contributed by atoms with Crippen LogP contribution < -0.4 is 11.1 Å². The molecule has 0 aliphatic heterocycles. The first kappa shape index (κ1) is 22.3. The molecule has 4 aromatic heterocycles. The maximum absolute atomic E-state index is 13.6. The van der Waals surface area contributed by atoms with E-state index in [-0.39, 0.29) is 11.1 Å². The van der Waals surface area contributed by atoms with Gasteiger partial charge in [0.1, 0.15) is 10.5 Å². The molecule has 4 heterocycles. The number of nitrogens with zero attached hydrogens (tertiary/aromatic N) is 4. The maximum Gasteiger partial charge on any atom is 0.263 e. The highest BCUT2D eigenvalue weighted by Crippen LogP contribution is 2.36. The number of aryl methyl sites for hydroxylation is 2. The van der Waals surface area contributed by atoms with Gasteiger partial charge in [0, 0.05) is 29.4 Å². The third-order valence-electron chi connectivity index (χ3n) is 6.22. The van der Waals surface area contributed by atoms with Crippen molar-refractivity contribution in [1.29, 1.82) is 0 Å². The van der Waals surface area contributed by atoms with Crippen molar-refractivity contribution in [2.45, 2.75) is 64.4 Å². The predicted molar refractivity (Wildman–Crippen MR) is 136 cm³/mol. The molecule has 8 heteroatoms. The van der Waals surface area contributed by atoms with Gasteiger partial charge in [0.05, 0.1) is 11.1 Å². The summed E-state index contributed by atoms with van der Waals surface area (Å²) < 4.78 is 3.40. The Kier molecular flexibility index (Phi) is 5.91. The molecule has 0 amide bonds. The van der Waals surface area contributed by atoms with E-state index in [1.54, 1.807) is 28.0 Å². The van der Waals surface area contributed by atoms with Gasteiger partial charge in [0.25, 0.3) is 11.1 Å². The molecule has 0 radical (unpaired) electrons. The van der Waals surface area contributed by atoms with Crippen molar-refractivity contribution < 1.29 is 0 Å². The van der Waals surface area contributed by atoms with Gasteiger partial charge in [-0.1, -0.05) is 38.6 Å². The lowest BCUT2D eigenvalue weighted by molar-refractivity contribution is 0.474. The van der Waals surface area contributed by atoms with E-state index in [2.05, 4.69) is 20.8 Å². The van der Waals surface area contributed by atoms with Gasteiger partial charge in [0.2, 0.25) is 0 Å². The fraction of sp³-hybridized carbons (Fsp3) is 0.440. The first-order valence-corrected chi connectivity index (χ1v) is 13.3. The molecule has 0 N–H and O–H groups in total. The number of hydrogen-bond acceptors (Lipinski definition) is 6. The zero-order valence-corrected chi connectivity index (χ0v) is 21.1. The molecule has 172 valence electrons. The van der Waals surface area contributed by atoms with Crippen LogP contribution in [0.4, 0.5) is 0 Å². The molecule has 1 atom stereocenters. The van der Waals surface area contributed by atoms with Crippen LogP contribution in [0.25, 0.3) is 15.9 Å². The molecule has 0 spiro atoms. The van der Waals surface area contributed by atoms with E-state index in [0.29, 0.717) is 40.6 Å². The largest absolute Gasteiger partial charge is 0.287 e. The summed E-state index contributed by atoms with van der Waals surface area (Å²) in [6.07, 6.45) is 4.87. The second-order valence-electron chi connectivity index (χ2n) is 9.50. The Morgan fingerprint density at radius 3 is 2.88 bits per heavy atom. The molecule has 0 saturated heterocycles. The Balaban J connectivity index is 1.56. The minimum atomic E-state index is -0.0951. The standard InChI is InChI=1S/C25H28N4O2S2/c1-14(2)12-29-24(31)21-18-8-7-15(3)10-19(18)33-23(21)27-25(29)32-13-17-11-20(30)28-9-5-6-16(4)22(28)26-17/h5-6,9,11,14-15H,7-8,10,12-13H2,1-4H3. The quantitative estimate of drug-likeness (QED) is 0.302. The minimum absolute atomic E-state index is 0.0747. The normalized spacial score (nSPS) is 16.1. The number of pyridine rings is 1. The van der Waals surface area contributed by atoms with Crippen LogP contribution in [0.1, 0.15) is 48.9 Å². The van der Waals surface area contributed by atoms with Crippen LogP contribution >= 0.6 is 23.1 Å². The van der Waals surface area contributed by atoms with E-state index < -0.39 is 0 Å². The number of fused-ring (bicyclic) bond motifs is 4. The van der Waals surface area contributed by atoms with Crippen molar-refractivity contribution in [2.75, 3.05) is 0 Å². The van der Waals surface area contributed by atoms with Gasteiger partial charge >= 0.3 is 0 Å². The summed E-state index contributed by atoms with van der Waals surface area (Å²) in [7, 11) is 0. The molecule has 5 rings (SSSR count). The monoisotopic (exact) mass is 480 g/mol. The van der Waals surface area contributed by atoms with E-state index >= 15 is 0 Å². The molecular weight excluding hydrogens is 452 g/mol. The van der Waals surface area contributed by atoms with Crippen molar-refractivity contribution in [3.63, 3.8) is 0 Å². The second kappa shape index (κ2) is 8.72. The van der Waals surface area contributed by atoms with Crippen LogP contribution in [0.2, 0.25) is 0 Å². The molecule has 4 aromatic rings. The van der Waals surface area contributed by atoms with Crippen LogP contribution in [-0.2, 0) is 25.1 Å². The summed E-state index contributed by atoms with van der Waals surface area (Å²) in [5, 5.41) is 1.53. The Labute approximate surface area is 200 Å². The van der Waals surface area contributed by atoms with Crippen molar-refractivity contribution in [3.8, 4) is 0 Å². The summed E-state index contributed by atoms with van der Waals surface area (Å²) in [6.45, 7) is 9.08. The van der Waals surface area contributed by atoms with E-state index in [1.165, 1.54) is 22.2 Å². The lowest BCUT2D eigenvalue weighted by Gasteiger charge is -2.18. The van der Waals surface area contributed by atoms with E-state index in [9.17, 15) is 9.59 Å². The fourth-order valence-corrected chi connectivity index (χ4v) is 6.89. The average molecular weight is 481 g/mol. The molecule has 33 heavy (non-hydrogen) atoms. The van der Waals surface area contributed by atoms with Gasteiger partial charge in [-0.2, -0.15) is 0 Å². The lowest BCUT2D eigenvalue weighted by atomic mass is 9.89. The molecular formula is C25H28N4O2S2. The summed E-state index contributed by atoms with van der Waals surface area (Å²) in [5.41, 5.74) is 3.52. The van der Waals surface area contributed by atoms with Crippen molar-refractivity contribution in [1.82, 2.24) is 18.9 Å². The number of thiophene rings is 1. The third-order valence-corrected chi connectivity index (χ3v) is 8.37. The number of rotatable bonds is 5. The zero-order valence-electron chi connectivity index (χ0n) is 19.4. The summed E-state index contributed by atoms with van der Waals surface area (Å²) in [4.78, 5) is 38.1. The van der Waals surface area contributed by atoms with Gasteiger partial charge in [-0.3, -0.25) is 18.6 Å². The number of hydrogen-bond donors (Lipinski definition) is 0. The highest BCUT2D eigenvalue weighted by molar-refractivity contribution is 7.98. The Morgan fingerprint density at radius 2 is 2.09 bits per heavy atom. The third kappa shape index (κ3) is 4.15. The first-order valence-electron chi connectivity index (χ1n) is 11.5. The van der Waals surface area contributed by atoms with Crippen molar-refractivity contribution in [3.05, 3.63) is 66.8 Å². The SMILES string of the molecule is Cc1cccn2c(=O)cc(CSc3nc4sc5c(c4c(=O)n3CC(C)C)CCC(C)C5)nc12. The maximum atomic E-state index is 13.6. The molecule has 0 aromatic carbocycles. The Morgan fingerprint density at radius 1 is 1.27 bits per heavy atom. The topological polar surface area (TPSA) is 69.3 Å². The molecule has 0 saturated carbocycles. The first-order chi connectivity index (χ1) is 15.8. The van der Waals surface area contributed by atoms with Crippen LogP contribution in [0.15, 0.2) is 39.1 Å². The molecule has 1 aliphatic carbocycles. The summed E-state index contributed by atoms with van der Waals surface area (Å²) in [6, 6.07) is 5.38. The fourth-order valence-electron chi connectivity index (χ4n) is 4.56. The van der Waals surface area contributed by atoms with Crippen LogP contribution in [0, 0.1) is 18.8 Å². The molecule has 0 bridgehead atoms. The summed E-state index contributed by atoms with van der Waals surface area (Å²) >= 11 is 3.17. The number of aromatic nitrogens is 4. The van der Waals surface area contributed by atoms with E-state index in [4.69, 9.17) is 9.97 Å². The van der Waals surface area contributed by atoms with Crippen molar-refractivity contribution in [2.24, 2.45) is 11.8 Å². The van der Waals surface area contributed by atoms with Gasteiger partial charge in [0.15, 0.2) is 5.16 Å². The smallest absolute Gasteiger partial charge is 0.263 e. The average Bonchev–Trinajstić information content (AvgIpc) is 3.12.